The molecule has 1 aromatic carbocycles. The van der Waals surface area contributed by atoms with Gasteiger partial charge in [0, 0.05) is 11.0 Å². The lowest BCUT2D eigenvalue weighted by atomic mass is 10.3. The predicted molar refractivity (Wildman–Crippen MR) is 81.8 cm³/mol. The van der Waals surface area contributed by atoms with Crippen molar-refractivity contribution in [2.45, 2.75) is 37.9 Å². The molecule has 112 valence electrons. The number of benzene rings is 1. The summed E-state index contributed by atoms with van der Waals surface area (Å²) in [7, 11) is 0. The zero-order valence-electron chi connectivity index (χ0n) is 11.0. The largest absolute Gasteiger partial charge is 0.389 e. The maximum Gasteiger partial charge on any atom is 0.125 e. The number of aliphatic hydroxyl groups is 1. The molecule has 1 aromatic rings. The van der Waals surface area contributed by atoms with E-state index in [1.165, 1.54) is 25.0 Å². The van der Waals surface area contributed by atoms with Crippen LogP contribution in [-0.2, 0) is 4.74 Å². The van der Waals surface area contributed by atoms with Crippen molar-refractivity contribution in [3.05, 3.63) is 27.4 Å². The van der Waals surface area contributed by atoms with E-state index in [2.05, 4.69) is 21.2 Å². The highest BCUT2D eigenvalue weighted by Gasteiger charge is 2.17. The molecular weight excluding hydrogens is 349 g/mol. The van der Waals surface area contributed by atoms with E-state index in [1.54, 1.807) is 0 Å². The molecule has 1 atom stereocenters. The van der Waals surface area contributed by atoms with Crippen molar-refractivity contribution in [1.29, 1.82) is 0 Å². The lowest BCUT2D eigenvalue weighted by Crippen LogP contribution is -2.27. The average molecular weight is 367 g/mol. The third-order valence-electron chi connectivity index (χ3n) is 3.35. The Morgan fingerprint density at radius 1 is 1.45 bits per heavy atom. The molecule has 0 saturated heterocycles. The molecule has 1 aliphatic rings. The molecule has 1 aliphatic carbocycles. The number of halogens is 3. The van der Waals surface area contributed by atoms with Gasteiger partial charge in [0.25, 0.3) is 0 Å². The molecule has 3 nitrogen and oxygen atoms in total. The standard InChI is InChI=1S/C14H18BrClFNO2/c15-12-5-9(17)6-13(16)14(12)18-7-10(19)8-20-11-3-1-2-4-11/h5-6,10-11,18-19H,1-4,7-8H2. The molecule has 20 heavy (non-hydrogen) atoms. The van der Waals surface area contributed by atoms with Crippen LogP contribution < -0.4 is 5.32 Å². The Labute approximate surface area is 131 Å². The van der Waals surface area contributed by atoms with Crippen LogP contribution in [0.3, 0.4) is 0 Å². The number of hydrogen-bond acceptors (Lipinski definition) is 3. The number of anilines is 1. The van der Waals surface area contributed by atoms with Crippen LogP contribution in [0.2, 0.25) is 5.02 Å². The van der Waals surface area contributed by atoms with E-state index >= 15 is 0 Å². The molecule has 0 bridgehead atoms. The summed E-state index contributed by atoms with van der Waals surface area (Å²) in [6.45, 7) is 0.602. The minimum absolute atomic E-state index is 0.279. The average Bonchev–Trinajstić information content (AvgIpc) is 2.88. The number of hydrogen-bond donors (Lipinski definition) is 2. The number of rotatable bonds is 6. The third kappa shape index (κ3) is 4.58. The number of ether oxygens (including phenoxy) is 1. The van der Waals surface area contributed by atoms with E-state index in [4.69, 9.17) is 16.3 Å². The Kier molecular flexibility index (Phi) is 6.08. The zero-order chi connectivity index (χ0) is 14.5. The highest BCUT2D eigenvalue weighted by molar-refractivity contribution is 9.10. The van der Waals surface area contributed by atoms with Crippen LogP contribution in [0.15, 0.2) is 16.6 Å². The minimum Gasteiger partial charge on any atom is -0.389 e. The molecule has 0 radical (unpaired) electrons. The molecule has 6 heteroatoms. The normalized spacial score (nSPS) is 17.4. The van der Waals surface area contributed by atoms with Crippen LogP contribution in [0.25, 0.3) is 0 Å². The van der Waals surface area contributed by atoms with E-state index in [0.29, 0.717) is 23.3 Å². The van der Waals surface area contributed by atoms with Gasteiger partial charge in [-0.2, -0.15) is 0 Å². The van der Waals surface area contributed by atoms with Crippen molar-refractivity contribution in [3.63, 3.8) is 0 Å². The van der Waals surface area contributed by atoms with Crippen molar-refractivity contribution in [2.75, 3.05) is 18.5 Å². The van der Waals surface area contributed by atoms with E-state index in [9.17, 15) is 9.50 Å². The van der Waals surface area contributed by atoms with Gasteiger partial charge in [-0.05, 0) is 40.9 Å². The summed E-state index contributed by atoms with van der Waals surface area (Å²) in [6, 6.07) is 2.56. The molecule has 0 aromatic heterocycles. The van der Waals surface area contributed by atoms with Crippen molar-refractivity contribution < 1.29 is 14.2 Å². The second-order valence-electron chi connectivity index (χ2n) is 5.02. The van der Waals surface area contributed by atoms with Gasteiger partial charge in [0.2, 0.25) is 0 Å². The van der Waals surface area contributed by atoms with Crippen molar-refractivity contribution in [2.24, 2.45) is 0 Å². The van der Waals surface area contributed by atoms with Gasteiger partial charge in [-0.25, -0.2) is 4.39 Å². The first-order valence-corrected chi connectivity index (χ1v) is 7.91. The molecule has 0 amide bonds. The Hall–Kier alpha value is -0.360. The fourth-order valence-corrected chi connectivity index (χ4v) is 3.25. The topological polar surface area (TPSA) is 41.5 Å². The molecule has 2 N–H and O–H groups in total. The van der Waals surface area contributed by atoms with Crippen LogP contribution in [0.4, 0.5) is 10.1 Å². The SMILES string of the molecule is OC(CNc1c(Cl)cc(F)cc1Br)COC1CCCC1. The second kappa shape index (κ2) is 7.59. The van der Waals surface area contributed by atoms with E-state index in [1.807, 2.05) is 0 Å². The monoisotopic (exact) mass is 365 g/mol. The van der Waals surface area contributed by atoms with E-state index in [0.717, 1.165) is 12.8 Å². The highest BCUT2D eigenvalue weighted by atomic mass is 79.9. The smallest absolute Gasteiger partial charge is 0.125 e. The second-order valence-corrected chi connectivity index (χ2v) is 6.28. The maximum absolute atomic E-state index is 13.1. The van der Waals surface area contributed by atoms with Gasteiger partial charge < -0.3 is 15.2 Å². The first kappa shape index (κ1) is 16.0. The van der Waals surface area contributed by atoms with Crippen molar-refractivity contribution in [3.8, 4) is 0 Å². The van der Waals surface area contributed by atoms with Gasteiger partial charge in [-0.15, -0.1) is 0 Å². The summed E-state index contributed by atoms with van der Waals surface area (Å²) < 4.78 is 19.3. The molecule has 1 unspecified atom stereocenters. The van der Waals surface area contributed by atoms with E-state index < -0.39 is 11.9 Å². The van der Waals surface area contributed by atoms with Gasteiger partial charge in [0.05, 0.1) is 29.5 Å². The van der Waals surface area contributed by atoms with Crippen LogP contribution in [0, 0.1) is 5.82 Å². The van der Waals surface area contributed by atoms with Crippen molar-refractivity contribution >= 4 is 33.2 Å². The van der Waals surface area contributed by atoms with Crippen LogP contribution in [0.5, 0.6) is 0 Å². The Balaban J connectivity index is 1.79. The minimum atomic E-state index is -0.622. The molecule has 0 heterocycles. The van der Waals surface area contributed by atoms with Crippen LogP contribution in [0.1, 0.15) is 25.7 Å². The summed E-state index contributed by atoms with van der Waals surface area (Å²) in [4.78, 5) is 0. The molecule has 1 fully saturated rings. The Bertz CT molecular complexity index is 432. The van der Waals surface area contributed by atoms with Gasteiger partial charge in [0.1, 0.15) is 5.82 Å². The van der Waals surface area contributed by atoms with Crippen LogP contribution >= 0.6 is 27.5 Å². The lowest BCUT2D eigenvalue weighted by Gasteiger charge is -2.17. The van der Waals surface area contributed by atoms with Gasteiger partial charge in [-0.3, -0.25) is 0 Å². The number of nitrogens with one attached hydrogen (secondary N) is 1. The number of aliphatic hydroxyl groups excluding tert-OH is 1. The lowest BCUT2D eigenvalue weighted by molar-refractivity contribution is -0.00117. The first-order chi connectivity index (χ1) is 9.56. The molecule has 1 saturated carbocycles. The summed E-state index contributed by atoms with van der Waals surface area (Å²) in [5.41, 5.74) is 0.577. The van der Waals surface area contributed by atoms with Crippen molar-refractivity contribution in [1.82, 2.24) is 0 Å². The van der Waals surface area contributed by atoms with Gasteiger partial charge in [-0.1, -0.05) is 24.4 Å². The van der Waals surface area contributed by atoms with Gasteiger partial charge in [0.15, 0.2) is 0 Å². The Morgan fingerprint density at radius 2 is 2.15 bits per heavy atom. The molecule has 2 rings (SSSR count). The summed E-state index contributed by atoms with van der Waals surface area (Å²) in [5, 5.41) is 13.2. The zero-order valence-corrected chi connectivity index (χ0v) is 13.4. The summed E-state index contributed by atoms with van der Waals surface area (Å²) in [6.07, 6.45) is 4.23. The molecular formula is C14H18BrClFNO2. The molecule has 0 spiro atoms. The summed E-state index contributed by atoms with van der Waals surface area (Å²) in [5.74, 6) is -0.405. The molecule has 0 aliphatic heterocycles. The fraction of sp³-hybridized carbons (Fsp3) is 0.571. The maximum atomic E-state index is 13.1. The third-order valence-corrected chi connectivity index (χ3v) is 4.27. The Morgan fingerprint density at radius 3 is 2.80 bits per heavy atom. The predicted octanol–water partition coefficient (Wildman–Crippen LogP) is 3.97. The fourth-order valence-electron chi connectivity index (χ4n) is 2.29. The summed E-state index contributed by atoms with van der Waals surface area (Å²) >= 11 is 9.19. The van der Waals surface area contributed by atoms with Gasteiger partial charge >= 0.3 is 0 Å². The van der Waals surface area contributed by atoms with Crippen LogP contribution in [-0.4, -0.2) is 30.5 Å². The quantitative estimate of drug-likeness (QED) is 0.800. The first-order valence-electron chi connectivity index (χ1n) is 6.74. The van der Waals surface area contributed by atoms with E-state index in [-0.39, 0.29) is 11.1 Å². The highest BCUT2D eigenvalue weighted by Crippen LogP contribution is 2.31.